The maximum absolute atomic E-state index is 11.5. The van der Waals surface area contributed by atoms with Gasteiger partial charge < -0.3 is 0 Å². The Morgan fingerprint density at radius 1 is 1.28 bits per heavy atom. The molecule has 6 nitrogen and oxygen atoms in total. The summed E-state index contributed by atoms with van der Waals surface area (Å²) in [5, 5.41) is 3.96. The summed E-state index contributed by atoms with van der Waals surface area (Å²) in [4.78, 5) is 22.8. The minimum absolute atomic E-state index is 0.236. The highest BCUT2D eigenvalue weighted by atomic mass is 16.2. The van der Waals surface area contributed by atoms with E-state index in [1.165, 1.54) is 16.9 Å². The number of nitrogens with two attached hydrogens (primary N) is 1. The van der Waals surface area contributed by atoms with Crippen LogP contribution in [0.5, 0.6) is 0 Å². The number of carbonyl (C=O) groups excluding carboxylic acids is 1. The van der Waals surface area contributed by atoms with Gasteiger partial charge in [-0.05, 0) is 19.1 Å². The van der Waals surface area contributed by atoms with E-state index in [0.29, 0.717) is 0 Å². The van der Waals surface area contributed by atoms with E-state index < -0.39 is 11.3 Å². The Hall–Kier alpha value is -2.47. The van der Waals surface area contributed by atoms with Gasteiger partial charge in [-0.1, -0.05) is 17.7 Å². The van der Waals surface area contributed by atoms with E-state index >= 15 is 0 Å². The van der Waals surface area contributed by atoms with E-state index in [9.17, 15) is 9.59 Å². The second-order valence-electron chi connectivity index (χ2n) is 3.78. The van der Waals surface area contributed by atoms with Gasteiger partial charge >= 0.3 is 0 Å². The van der Waals surface area contributed by atoms with Crippen LogP contribution in [0.25, 0.3) is 5.69 Å². The SMILES string of the molecule is Cc1ccc(-n2ccc(=O)c(C(=O)NN)n2)cc1. The molecule has 1 aromatic heterocycles. The second-order valence-corrected chi connectivity index (χ2v) is 3.78. The molecule has 0 spiro atoms. The van der Waals surface area contributed by atoms with Crippen molar-refractivity contribution < 1.29 is 4.79 Å². The highest BCUT2D eigenvalue weighted by Crippen LogP contribution is 2.07. The number of rotatable bonds is 2. The minimum atomic E-state index is -0.707. The molecule has 1 amide bonds. The van der Waals surface area contributed by atoms with Crippen LogP contribution >= 0.6 is 0 Å². The van der Waals surface area contributed by atoms with Crippen LogP contribution in [0.1, 0.15) is 16.1 Å². The first-order valence-corrected chi connectivity index (χ1v) is 5.30. The molecule has 0 saturated heterocycles. The van der Waals surface area contributed by atoms with Gasteiger partial charge in [-0.15, -0.1) is 0 Å². The average molecular weight is 244 g/mol. The number of amides is 1. The van der Waals surface area contributed by atoms with E-state index in [2.05, 4.69) is 5.10 Å². The fourth-order valence-corrected chi connectivity index (χ4v) is 1.47. The molecule has 6 heteroatoms. The fourth-order valence-electron chi connectivity index (χ4n) is 1.47. The molecule has 2 aromatic rings. The van der Waals surface area contributed by atoms with Gasteiger partial charge in [0, 0.05) is 12.3 Å². The second kappa shape index (κ2) is 4.80. The molecule has 0 aliphatic carbocycles. The number of aromatic nitrogens is 2. The topological polar surface area (TPSA) is 90.0 Å². The lowest BCUT2D eigenvalue weighted by atomic mass is 10.2. The molecule has 0 radical (unpaired) electrons. The molecular formula is C12H12N4O2. The summed E-state index contributed by atoms with van der Waals surface area (Å²) in [5.74, 6) is 4.29. The van der Waals surface area contributed by atoms with E-state index in [1.54, 1.807) is 0 Å². The van der Waals surface area contributed by atoms with Crippen LogP contribution in [0.3, 0.4) is 0 Å². The number of carbonyl (C=O) groups is 1. The molecule has 1 aromatic carbocycles. The number of hydrazine groups is 1. The Balaban J connectivity index is 2.50. The molecule has 0 saturated carbocycles. The van der Waals surface area contributed by atoms with E-state index in [1.807, 2.05) is 36.6 Å². The van der Waals surface area contributed by atoms with E-state index in [-0.39, 0.29) is 5.69 Å². The van der Waals surface area contributed by atoms with Gasteiger partial charge in [0.05, 0.1) is 5.69 Å². The van der Waals surface area contributed by atoms with Crippen LogP contribution in [0.15, 0.2) is 41.3 Å². The molecule has 0 fully saturated rings. The van der Waals surface area contributed by atoms with Crippen molar-refractivity contribution in [3.8, 4) is 5.69 Å². The maximum Gasteiger partial charge on any atom is 0.289 e. The summed E-state index contributed by atoms with van der Waals surface area (Å²) in [7, 11) is 0. The lowest BCUT2D eigenvalue weighted by molar-refractivity contribution is 0.0945. The van der Waals surface area contributed by atoms with Crippen LogP contribution < -0.4 is 16.7 Å². The third-order valence-corrected chi connectivity index (χ3v) is 2.45. The predicted molar refractivity (Wildman–Crippen MR) is 66.2 cm³/mol. The number of benzene rings is 1. The smallest absolute Gasteiger partial charge is 0.289 e. The van der Waals surface area contributed by atoms with Crippen LogP contribution in [0, 0.1) is 6.92 Å². The molecular weight excluding hydrogens is 232 g/mol. The molecule has 0 unspecified atom stereocenters. The summed E-state index contributed by atoms with van der Waals surface area (Å²) in [5.41, 5.74) is 3.06. The lowest BCUT2D eigenvalue weighted by Gasteiger charge is -2.06. The Morgan fingerprint density at radius 2 is 1.94 bits per heavy atom. The summed E-state index contributed by atoms with van der Waals surface area (Å²) in [6, 6.07) is 8.79. The minimum Gasteiger partial charge on any atom is -0.289 e. The number of hydrogen-bond acceptors (Lipinski definition) is 4. The van der Waals surface area contributed by atoms with Crippen molar-refractivity contribution in [2.24, 2.45) is 5.84 Å². The summed E-state index contributed by atoms with van der Waals surface area (Å²) >= 11 is 0. The number of nitrogens with zero attached hydrogens (tertiary/aromatic N) is 2. The average Bonchev–Trinajstić information content (AvgIpc) is 2.39. The summed E-state index contributed by atoms with van der Waals surface area (Å²) in [6.07, 6.45) is 1.50. The number of hydrogen-bond donors (Lipinski definition) is 2. The first-order valence-electron chi connectivity index (χ1n) is 5.30. The molecule has 0 bridgehead atoms. The van der Waals surface area contributed by atoms with E-state index in [0.717, 1.165) is 11.3 Å². The van der Waals surface area contributed by atoms with Crippen molar-refractivity contribution in [1.29, 1.82) is 0 Å². The van der Waals surface area contributed by atoms with Gasteiger partial charge in [-0.2, -0.15) is 5.10 Å². The zero-order valence-corrected chi connectivity index (χ0v) is 9.75. The standard InChI is InChI=1S/C12H12N4O2/c1-8-2-4-9(5-3-8)16-7-6-10(17)11(15-16)12(18)14-13/h2-7H,13H2,1H3,(H,14,18). The first kappa shape index (κ1) is 12.0. The molecule has 2 rings (SSSR count). The monoisotopic (exact) mass is 244 g/mol. The van der Waals surface area contributed by atoms with Gasteiger partial charge in [0.2, 0.25) is 5.43 Å². The van der Waals surface area contributed by atoms with E-state index in [4.69, 9.17) is 5.84 Å². The first-order chi connectivity index (χ1) is 8.61. The number of aryl methyl sites for hydroxylation is 1. The van der Waals surface area contributed by atoms with Crippen molar-refractivity contribution >= 4 is 5.91 Å². The van der Waals surface area contributed by atoms with Crippen molar-refractivity contribution in [2.75, 3.05) is 0 Å². The third-order valence-electron chi connectivity index (χ3n) is 2.45. The molecule has 0 aliphatic rings. The number of nitrogens with one attached hydrogen (secondary N) is 1. The summed E-state index contributed by atoms with van der Waals surface area (Å²) < 4.78 is 1.45. The van der Waals surface area contributed by atoms with Crippen LogP contribution in [-0.2, 0) is 0 Å². The molecule has 92 valence electrons. The van der Waals surface area contributed by atoms with Gasteiger partial charge in [0.25, 0.3) is 5.91 Å². The van der Waals surface area contributed by atoms with Crippen LogP contribution in [0.4, 0.5) is 0 Å². The quantitative estimate of drug-likeness (QED) is 0.447. The molecule has 0 atom stereocenters. The largest absolute Gasteiger partial charge is 0.289 e. The van der Waals surface area contributed by atoms with Crippen LogP contribution in [-0.4, -0.2) is 15.7 Å². The molecule has 3 N–H and O–H groups in total. The fraction of sp³-hybridized carbons (Fsp3) is 0.0833. The normalized spacial score (nSPS) is 10.1. The highest BCUT2D eigenvalue weighted by molar-refractivity contribution is 5.91. The molecule has 0 aliphatic heterocycles. The van der Waals surface area contributed by atoms with Gasteiger partial charge in [-0.25, -0.2) is 10.5 Å². The zero-order chi connectivity index (χ0) is 13.1. The maximum atomic E-state index is 11.5. The highest BCUT2D eigenvalue weighted by Gasteiger charge is 2.11. The van der Waals surface area contributed by atoms with Crippen molar-refractivity contribution in [1.82, 2.24) is 15.2 Å². The third kappa shape index (κ3) is 2.28. The van der Waals surface area contributed by atoms with Gasteiger partial charge in [0.15, 0.2) is 5.69 Å². The predicted octanol–water partition coefficient (Wildman–Crippen LogP) is 0.144. The molecule has 1 heterocycles. The van der Waals surface area contributed by atoms with Crippen LogP contribution in [0.2, 0.25) is 0 Å². The Morgan fingerprint density at radius 3 is 2.56 bits per heavy atom. The number of nitrogen functional groups attached to an aromatic ring is 1. The Bertz CT molecular complexity index is 631. The zero-order valence-electron chi connectivity index (χ0n) is 9.75. The van der Waals surface area contributed by atoms with Gasteiger partial charge in [-0.3, -0.25) is 15.0 Å². The lowest BCUT2D eigenvalue weighted by Crippen LogP contribution is -2.35. The summed E-state index contributed by atoms with van der Waals surface area (Å²) in [6.45, 7) is 1.97. The molecule has 18 heavy (non-hydrogen) atoms. The Labute approximate surface area is 103 Å². The van der Waals surface area contributed by atoms with Crippen molar-refractivity contribution in [3.63, 3.8) is 0 Å². The van der Waals surface area contributed by atoms with Gasteiger partial charge in [0.1, 0.15) is 0 Å². The van der Waals surface area contributed by atoms with Crippen molar-refractivity contribution in [2.45, 2.75) is 6.92 Å². The Kier molecular flexibility index (Phi) is 3.20. The van der Waals surface area contributed by atoms with Crippen molar-refractivity contribution in [3.05, 3.63) is 58.0 Å².